The molecule has 1 aromatic carbocycles. The predicted molar refractivity (Wildman–Crippen MR) is 125 cm³/mol. The van der Waals surface area contributed by atoms with E-state index in [1.165, 1.54) is 23.1 Å². The summed E-state index contributed by atoms with van der Waals surface area (Å²) < 4.78 is 11.0. The zero-order valence-corrected chi connectivity index (χ0v) is 19.9. The van der Waals surface area contributed by atoms with Gasteiger partial charge < -0.3 is 14.5 Å². The fourth-order valence-electron chi connectivity index (χ4n) is 3.74. The van der Waals surface area contributed by atoms with Crippen LogP contribution in [0.3, 0.4) is 0 Å². The number of thioether (sulfide) groups is 1. The number of amides is 1. The van der Waals surface area contributed by atoms with Gasteiger partial charge in [-0.1, -0.05) is 36.9 Å². The molecule has 0 saturated carbocycles. The first kappa shape index (κ1) is 22.5. The number of aryl methyl sites for hydroxylation is 1. The van der Waals surface area contributed by atoms with Crippen molar-refractivity contribution in [1.82, 2.24) is 10.2 Å². The summed E-state index contributed by atoms with van der Waals surface area (Å²) in [6, 6.07) is 7.75. The van der Waals surface area contributed by atoms with Crippen molar-refractivity contribution >= 4 is 40.0 Å². The number of rotatable bonds is 7. The van der Waals surface area contributed by atoms with E-state index in [1.54, 1.807) is 6.92 Å². The topological polar surface area (TPSA) is 94.3 Å². The van der Waals surface area contributed by atoms with Crippen LogP contribution in [-0.2, 0) is 22.4 Å². The number of thiophene rings is 1. The molecule has 2 heterocycles. The monoisotopic (exact) mass is 471 g/mol. The second kappa shape index (κ2) is 9.87. The number of esters is 1. The van der Waals surface area contributed by atoms with Gasteiger partial charge in [-0.05, 0) is 56.2 Å². The molecule has 2 aromatic heterocycles. The first-order valence-electron chi connectivity index (χ1n) is 10.6. The first-order valence-corrected chi connectivity index (χ1v) is 12.4. The molecule has 0 spiro atoms. The molecule has 4 rings (SSSR count). The Morgan fingerprint density at radius 3 is 2.91 bits per heavy atom. The van der Waals surface area contributed by atoms with E-state index in [1.807, 2.05) is 31.2 Å². The van der Waals surface area contributed by atoms with Crippen molar-refractivity contribution in [2.24, 2.45) is 5.92 Å². The van der Waals surface area contributed by atoms with Crippen LogP contribution in [0.2, 0.25) is 0 Å². The number of nitrogens with zero attached hydrogens (tertiary/aromatic N) is 2. The maximum Gasteiger partial charge on any atom is 0.341 e. The lowest BCUT2D eigenvalue weighted by Crippen LogP contribution is -2.17. The summed E-state index contributed by atoms with van der Waals surface area (Å²) in [6.07, 6.45) is 2.77. The predicted octanol–water partition coefficient (Wildman–Crippen LogP) is 5.14. The van der Waals surface area contributed by atoms with E-state index in [0.29, 0.717) is 34.2 Å². The number of fused-ring (bicyclic) bond motifs is 1. The molecule has 3 aromatic rings. The Hall–Kier alpha value is -2.65. The molecule has 7 nitrogen and oxygen atoms in total. The van der Waals surface area contributed by atoms with E-state index in [-0.39, 0.29) is 17.6 Å². The van der Waals surface area contributed by atoms with Gasteiger partial charge in [-0.3, -0.25) is 4.79 Å². The number of hydrogen-bond donors (Lipinski definition) is 1. The number of ether oxygens (including phenoxy) is 1. The van der Waals surface area contributed by atoms with Gasteiger partial charge in [0.15, 0.2) is 0 Å². The Bertz CT molecular complexity index is 1140. The van der Waals surface area contributed by atoms with Gasteiger partial charge in [0.05, 0.1) is 17.9 Å². The van der Waals surface area contributed by atoms with Gasteiger partial charge in [0.1, 0.15) is 5.00 Å². The van der Waals surface area contributed by atoms with Crippen LogP contribution in [0, 0.1) is 12.8 Å². The van der Waals surface area contributed by atoms with Gasteiger partial charge in [0.2, 0.25) is 11.8 Å². The molecule has 32 heavy (non-hydrogen) atoms. The Labute approximate surface area is 195 Å². The van der Waals surface area contributed by atoms with Crippen molar-refractivity contribution in [3.63, 3.8) is 0 Å². The molecule has 0 fully saturated rings. The Morgan fingerprint density at radius 1 is 1.31 bits per heavy atom. The van der Waals surface area contributed by atoms with Crippen molar-refractivity contribution in [2.75, 3.05) is 17.7 Å². The standard InChI is InChI=1S/C23H25N3O4S2/c1-4-29-22(28)19-16-10-9-13(2)11-17(16)32-21(19)24-18(27)12-31-23-26-25-20(30-23)15-8-6-5-7-14(15)3/h5-8,13H,4,9-12H2,1-3H3,(H,24,27). The maximum atomic E-state index is 12.7. The summed E-state index contributed by atoms with van der Waals surface area (Å²) in [5.41, 5.74) is 3.44. The quantitative estimate of drug-likeness (QED) is 0.377. The molecular weight excluding hydrogens is 446 g/mol. The lowest BCUT2D eigenvalue weighted by Gasteiger charge is -2.18. The molecule has 1 aliphatic carbocycles. The van der Waals surface area contributed by atoms with Crippen molar-refractivity contribution in [3.8, 4) is 11.5 Å². The minimum Gasteiger partial charge on any atom is -0.462 e. The number of anilines is 1. The number of carbonyl (C=O) groups is 2. The van der Waals surface area contributed by atoms with Crippen LogP contribution >= 0.6 is 23.1 Å². The summed E-state index contributed by atoms with van der Waals surface area (Å²) in [5.74, 6) is 0.479. The zero-order valence-electron chi connectivity index (χ0n) is 18.3. The van der Waals surface area contributed by atoms with Crippen LogP contribution in [0.5, 0.6) is 0 Å². The minimum atomic E-state index is -0.373. The van der Waals surface area contributed by atoms with E-state index in [0.717, 1.165) is 40.8 Å². The highest BCUT2D eigenvalue weighted by molar-refractivity contribution is 7.99. The maximum absolute atomic E-state index is 12.7. The molecule has 1 amide bonds. The Balaban J connectivity index is 1.44. The Morgan fingerprint density at radius 2 is 2.12 bits per heavy atom. The van der Waals surface area contributed by atoms with E-state index in [9.17, 15) is 9.59 Å². The second-order valence-corrected chi connectivity index (χ2v) is 9.83. The van der Waals surface area contributed by atoms with Crippen LogP contribution in [0.25, 0.3) is 11.5 Å². The molecule has 1 aliphatic rings. The number of benzene rings is 1. The van der Waals surface area contributed by atoms with Crippen LogP contribution in [0.4, 0.5) is 5.00 Å². The third-order valence-electron chi connectivity index (χ3n) is 5.35. The summed E-state index contributed by atoms with van der Waals surface area (Å²) in [7, 11) is 0. The zero-order chi connectivity index (χ0) is 22.7. The highest BCUT2D eigenvalue weighted by Gasteiger charge is 2.29. The number of carbonyl (C=O) groups excluding carboxylic acids is 2. The van der Waals surface area contributed by atoms with Gasteiger partial charge in [0.25, 0.3) is 5.22 Å². The fraction of sp³-hybridized carbons (Fsp3) is 0.391. The average molecular weight is 472 g/mol. The molecule has 1 atom stereocenters. The van der Waals surface area contributed by atoms with Crippen LogP contribution in [-0.4, -0.2) is 34.4 Å². The van der Waals surface area contributed by atoms with Crippen LogP contribution in [0.1, 0.15) is 46.6 Å². The van der Waals surface area contributed by atoms with Crippen molar-refractivity contribution in [1.29, 1.82) is 0 Å². The van der Waals surface area contributed by atoms with E-state index in [2.05, 4.69) is 22.4 Å². The fourth-order valence-corrected chi connectivity index (χ4v) is 5.72. The van der Waals surface area contributed by atoms with Crippen molar-refractivity contribution < 1.29 is 18.7 Å². The average Bonchev–Trinajstić information content (AvgIpc) is 3.36. The van der Waals surface area contributed by atoms with E-state index < -0.39 is 0 Å². The summed E-state index contributed by atoms with van der Waals surface area (Å²) in [5, 5.41) is 11.9. The highest BCUT2D eigenvalue weighted by Crippen LogP contribution is 2.40. The smallest absolute Gasteiger partial charge is 0.341 e. The number of nitrogens with one attached hydrogen (secondary N) is 1. The summed E-state index contributed by atoms with van der Waals surface area (Å²) >= 11 is 2.64. The molecule has 1 unspecified atom stereocenters. The van der Waals surface area contributed by atoms with Crippen LogP contribution in [0.15, 0.2) is 33.9 Å². The van der Waals surface area contributed by atoms with E-state index in [4.69, 9.17) is 9.15 Å². The third kappa shape index (κ3) is 4.88. The van der Waals surface area contributed by atoms with Gasteiger partial charge in [-0.2, -0.15) is 0 Å². The molecule has 0 aliphatic heterocycles. The second-order valence-electron chi connectivity index (χ2n) is 7.80. The molecule has 1 N–H and O–H groups in total. The molecule has 0 bridgehead atoms. The van der Waals surface area contributed by atoms with Crippen molar-refractivity contribution in [3.05, 3.63) is 45.8 Å². The first-order chi connectivity index (χ1) is 15.5. The Kier molecular flexibility index (Phi) is 6.95. The van der Waals surface area contributed by atoms with E-state index >= 15 is 0 Å². The number of aromatic nitrogens is 2. The molecule has 168 valence electrons. The molecule has 0 radical (unpaired) electrons. The summed E-state index contributed by atoms with van der Waals surface area (Å²) in [4.78, 5) is 26.4. The van der Waals surface area contributed by atoms with Gasteiger partial charge >= 0.3 is 5.97 Å². The SMILES string of the molecule is CCOC(=O)c1c(NC(=O)CSc2nnc(-c3ccccc3C)o2)sc2c1CCC(C)C2. The summed E-state index contributed by atoms with van der Waals surface area (Å²) in [6.45, 7) is 6.26. The van der Waals surface area contributed by atoms with Crippen LogP contribution < -0.4 is 5.32 Å². The molecule has 0 saturated heterocycles. The minimum absolute atomic E-state index is 0.0939. The molecule has 9 heteroatoms. The van der Waals surface area contributed by atoms with Gasteiger partial charge in [0, 0.05) is 10.4 Å². The van der Waals surface area contributed by atoms with Crippen molar-refractivity contribution in [2.45, 2.75) is 45.3 Å². The largest absolute Gasteiger partial charge is 0.462 e. The molecular formula is C23H25N3O4S2. The lowest BCUT2D eigenvalue weighted by molar-refractivity contribution is -0.113. The highest BCUT2D eigenvalue weighted by atomic mass is 32.2. The van der Waals surface area contributed by atoms with Gasteiger partial charge in [-0.25, -0.2) is 4.79 Å². The number of hydrogen-bond acceptors (Lipinski definition) is 8. The normalized spacial score (nSPS) is 15.3. The third-order valence-corrected chi connectivity index (χ3v) is 7.34. The lowest BCUT2D eigenvalue weighted by atomic mass is 9.88. The van der Waals surface area contributed by atoms with Gasteiger partial charge in [-0.15, -0.1) is 21.5 Å².